The van der Waals surface area contributed by atoms with Crippen LogP contribution in [-0.4, -0.2) is 43.5 Å². The van der Waals surface area contributed by atoms with Gasteiger partial charge in [-0.2, -0.15) is 0 Å². The molecule has 0 spiro atoms. The van der Waals surface area contributed by atoms with Crippen molar-refractivity contribution in [3.63, 3.8) is 0 Å². The van der Waals surface area contributed by atoms with Gasteiger partial charge < -0.3 is 4.74 Å². The highest BCUT2D eigenvalue weighted by Crippen LogP contribution is 2.30. The summed E-state index contributed by atoms with van der Waals surface area (Å²) in [5, 5.41) is 1.77. The Labute approximate surface area is 173 Å². The molecule has 0 unspecified atom stereocenters. The molecule has 1 aromatic heterocycles. The number of hydrogen-bond donors (Lipinski definition) is 0. The molecule has 3 rings (SSSR count). The van der Waals surface area contributed by atoms with Crippen LogP contribution in [0.3, 0.4) is 0 Å². The molecule has 2 aromatic rings. The fourth-order valence-corrected chi connectivity index (χ4v) is 5.51. The number of thiophene rings is 1. The number of nitrogens with zero attached hydrogens (tertiary/aromatic N) is 1. The van der Waals surface area contributed by atoms with E-state index in [9.17, 15) is 22.8 Å². The second-order valence-corrected chi connectivity index (χ2v) is 9.37. The molecule has 0 saturated heterocycles. The van der Waals surface area contributed by atoms with Crippen LogP contribution in [0.15, 0.2) is 50.7 Å². The summed E-state index contributed by atoms with van der Waals surface area (Å²) in [5.74, 6) is -2.50. The number of halogens is 1. The van der Waals surface area contributed by atoms with Gasteiger partial charge in [-0.3, -0.25) is 9.59 Å². The van der Waals surface area contributed by atoms with Crippen LogP contribution in [0.5, 0.6) is 0 Å². The van der Waals surface area contributed by atoms with Gasteiger partial charge in [-0.05, 0) is 47.1 Å². The maximum atomic E-state index is 12.8. The molecule has 0 N–H and O–H groups in total. The van der Waals surface area contributed by atoms with Gasteiger partial charge in [0.1, 0.15) is 17.0 Å². The molecule has 0 saturated carbocycles. The van der Waals surface area contributed by atoms with E-state index in [0.717, 1.165) is 4.47 Å². The second kappa shape index (κ2) is 7.98. The molecule has 0 radical (unpaired) electrons. The lowest BCUT2D eigenvalue weighted by molar-refractivity contribution is -0.139. The van der Waals surface area contributed by atoms with E-state index in [1.54, 1.807) is 18.4 Å². The predicted octanol–water partition coefficient (Wildman–Crippen LogP) is 2.87. The Hall–Kier alpha value is -2.30. The third kappa shape index (κ3) is 3.80. The number of esters is 1. The minimum Gasteiger partial charge on any atom is -0.462 e. The van der Waals surface area contributed by atoms with Crippen molar-refractivity contribution in [1.29, 1.82) is 0 Å². The van der Waals surface area contributed by atoms with E-state index >= 15 is 0 Å². The van der Waals surface area contributed by atoms with Crippen molar-refractivity contribution in [3.05, 3.63) is 56.2 Å². The monoisotopic (exact) mass is 483 g/mol. The Bertz CT molecular complexity index is 1100. The Kier molecular flexibility index (Phi) is 5.82. The highest BCUT2D eigenvalue weighted by atomic mass is 79.9. The molecule has 1 aromatic carbocycles. The standard InChI is InChI=1S/C18H14BrNO6S2/c1-2-26-18(23)14(8-12-7-11(19)10-27-12)15(21)9-20-17(22)13-5-3-4-6-16(13)28(20,24)25/h3-8,10H,2,9H2,1H3/b14-8-. The first-order chi connectivity index (χ1) is 13.3. The van der Waals surface area contributed by atoms with Crippen LogP contribution in [0.2, 0.25) is 0 Å². The molecule has 146 valence electrons. The highest BCUT2D eigenvalue weighted by molar-refractivity contribution is 9.10. The molecule has 10 heteroatoms. The first-order valence-corrected chi connectivity index (χ1v) is 11.2. The summed E-state index contributed by atoms with van der Waals surface area (Å²) in [6, 6.07) is 7.41. The van der Waals surface area contributed by atoms with Crippen LogP contribution < -0.4 is 0 Å². The number of rotatable bonds is 6. The first kappa shape index (κ1) is 20.4. The van der Waals surface area contributed by atoms with E-state index in [-0.39, 0.29) is 22.6 Å². The van der Waals surface area contributed by atoms with Gasteiger partial charge in [0.2, 0.25) is 0 Å². The van der Waals surface area contributed by atoms with Crippen LogP contribution in [-0.2, 0) is 24.3 Å². The number of benzene rings is 1. The average molecular weight is 484 g/mol. The molecular weight excluding hydrogens is 470 g/mol. The molecule has 1 amide bonds. The number of sulfonamides is 1. The lowest BCUT2D eigenvalue weighted by Crippen LogP contribution is -2.36. The molecule has 0 fully saturated rings. The number of carbonyl (C=O) groups excluding carboxylic acids is 3. The Balaban J connectivity index is 1.94. The lowest BCUT2D eigenvalue weighted by atomic mass is 10.1. The maximum Gasteiger partial charge on any atom is 0.341 e. The zero-order chi connectivity index (χ0) is 20.5. The van der Waals surface area contributed by atoms with Gasteiger partial charge >= 0.3 is 5.97 Å². The molecule has 1 aliphatic rings. The zero-order valence-corrected chi connectivity index (χ0v) is 17.8. The van der Waals surface area contributed by atoms with Crippen LogP contribution in [0.4, 0.5) is 0 Å². The maximum absolute atomic E-state index is 12.8. The van der Waals surface area contributed by atoms with Gasteiger partial charge in [-0.15, -0.1) is 11.3 Å². The Morgan fingerprint density at radius 1 is 1.29 bits per heavy atom. The molecule has 28 heavy (non-hydrogen) atoms. The quantitative estimate of drug-likeness (QED) is 0.271. The predicted molar refractivity (Wildman–Crippen MR) is 106 cm³/mol. The van der Waals surface area contributed by atoms with E-state index in [0.29, 0.717) is 9.18 Å². The molecule has 1 aliphatic heterocycles. The largest absolute Gasteiger partial charge is 0.462 e. The fourth-order valence-electron chi connectivity index (χ4n) is 2.61. The third-order valence-electron chi connectivity index (χ3n) is 3.87. The number of ketones is 1. The second-order valence-electron chi connectivity index (χ2n) is 5.68. The summed E-state index contributed by atoms with van der Waals surface area (Å²) in [6.07, 6.45) is 1.33. The summed E-state index contributed by atoms with van der Waals surface area (Å²) in [6.45, 7) is 0.851. The molecule has 2 heterocycles. The number of fused-ring (bicyclic) bond motifs is 1. The number of Topliss-reactive ketones (excluding diaryl/α,β-unsaturated/α-hetero) is 1. The van der Waals surface area contributed by atoms with Gasteiger partial charge in [0.25, 0.3) is 15.9 Å². The topological polar surface area (TPSA) is 97.8 Å². The van der Waals surface area contributed by atoms with Gasteiger partial charge in [0.15, 0.2) is 5.78 Å². The summed E-state index contributed by atoms with van der Waals surface area (Å²) in [5.41, 5.74) is -0.325. The van der Waals surface area contributed by atoms with Crippen LogP contribution in [0, 0.1) is 0 Å². The minimum absolute atomic E-state index is 0.000785. The number of ether oxygens (including phenoxy) is 1. The van der Waals surface area contributed by atoms with Crippen LogP contribution in [0.25, 0.3) is 6.08 Å². The molecule has 7 nitrogen and oxygen atoms in total. The van der Waals surface area contributed by atoms with E-state index in [2.05, 4.69) is 15.9 Å². The summed E-state index contributed by atoms with van der Waals surface area (Å²) < 4.78 is 31.4. The van der Waals surface area contributed by atoms with Crippen molar-refractivity contribution in [3.8, 4) is 0 Å². The van der Waals surface area contributed by atoms with Crippen molar-refractivity contribution in [1.82, 2.24) is 4.31 Å². The van der Waals surface area contributed by atoms with Crippen molar-refractivity contribution in [2.75, 3.05) is 13.2 Å². The van der Waals surface area contributed by atoms with Crippen molar-refractivity contribution in [2.24, 2.45) is 0 Å². The normalized spacial score (nSPS) is 15.4. The first-order valence-electron chi connectivity index (χ1n) is 8.08. The van der Waals surface area contributed by atoms with Crippen LogP contribution in [0.1, 0.15) is 22.2 Å². The SMILES string of the molecule is CCOC(=O)/C(=C\c1cc(Br)cs1)C(=O)CN1C(=O)c2ccccc2S1(=O)=O. The number of carbonyl (C=O) groups is 3. The highest BCUT2D eigenvalue weighted by Gasteiger charge is 2.42. The smallest absolute Gasteiger partial charge is 0.341 e. The average Bonchev–Trinajstić information content (AvgIpc) is 3.15. The summed E-state index contributed by atoms with van der Waals surface area (Å²) in [7, 11) is -4.15. The van der Waals surface area contributed by atoms with Gasteiger partial charge in [-0.1, -0.05) is 12.1 Å². The number of amides is 1. The van der Waals surface area contributed by atoms with Gasteiger partial charge in [0, 0.05) is 14.7 Å². The molecule has 0 bridgehead atoms. The Morgan fingerprint density at radius 3 is 2.61 bits per heavy atom. The third-order valence-corrected chi connectivity index (χ3v) is 7.30. The van der Waals surface area contributed by atoms with Crippen LogP contribution >= 0.6 is 27.3 Å². The van der Waals surface area contributed by atoms with Crippen molar-refractivity contribution < 1.29 is 27.5 Å². The fraction of sp³-hybridized carbons (Fsp3) is 0.167. The molecule has 0 atom stereocenters. The number of hydrogen-bond acceptors (Lipinski definition) is 7. The Morgan fingerprint density at radius 2 is 2.00 bits per heavy atom. The summed E-state index contributed by atoms with van der Waals surface area (Å²) >= 11 is 4.57. The molecule has 0 aliphatic carbocycles. The van der Waals surface area contributed by atoms with E-state index < -0.39 is 34.2 Å². The van der Waals surface area contributed by atoms with Crippen molar-refractivity contribution >= 4 is 61.0 Å². The van der Waals surface area contributed by atoms with E-state index in [1.165, 1.54) is 41.7 Å². The van der Waals surface area contributed by atoms with E-state index in [4.69, 9.17) is 4.74 Å². The van der Waals surface area contributed by atoms with Gasteiger partial charge in [-0.25, -0.2) is 17.5 Å². The summed E-state index contributed by atoms with van der Waals surface area (Å²) in [4.78, 5) is 38.0. The lowest BCUT2D eigenvalue weighted by Gasteiger charge is -2.15. The zero-order valence-electron chi connectivity index (χ0n) is 14.5. The minimum atomic E-state index is -4.15. The molecular formula is C18H14BrNO6S2. The van der Waals surface area contributed by atoms with E-state index in [1.807, 2.05) is 0 Å². The van der Waals surface area contributed by atoms with Gasteiger partial charge in [0.05, 0.1) is 12.2 Å². The van der Waals surface area contributed by atoms with Crippen molar-refractivity contribution in [2.45, 2.75) is 11.8 Å².